The van der Waals surface area contributed by atoms with Gasteiger partial charge in [-0.1, -0.05) is 13.8 Å². The minimum absolute atomic E-state index is 0.115. The Morgan fingerprint density at radius 2 is 1.78 bits per heavy atom. The molecule has 2 unspecified atom stereocenters. The molecule has 4 heterocycles. The normalized spacial score (nSPS) is 30.0. The van der Waals surface area contributed by atoms with Crippen LogP contribution >= 0.6 is 0 Å². The largest absolute Gasteiger partial charge is 0.388 e. The summed E-state index contributed by atoms with van der Waals surface area (Å²) in [7, 11) is -2.95. The molecule has 3 aliphatic heterocycles. The number of sulfone groups is 1. The third-order valence-corrected chi connectivity index (χ3v) is 8.08. The molecule has 8 heteroatoms. The second-order valence-electron chi connectivity index (χ2n) is 8.95. The number of anilines is 1. The summed E-state index contributed by atoms with van der Waals surface area (Å²) in [5, 5.41) is 10.8. The second kappa shape index (κ2) is 6.97. The highest BCUT2D eigenvalue weighted by atomic mass is 32.2. The average Bonchev–Trinajstić information content (AvgIpc) is 3.16. The summed E-state index contributed by atoms with van der Waals surface area (Å²) < 4.78 is 23.3. The van der Waals surface area contributed by atoms with E-state index in [0.29, 0.717) is 37.1 Å². The molecule has 4 rings (SSSR count). The summed E-state index contributed by atoms with van der Waals surface area (Å²) in [4.78, 5) is 13.5. The topological polar surface area (TPSA) is 86.6 Å². The quantitative estimate of drug-likeness (QED) is 0.812. The highest BCUT2D eigenvalue weighted by Gasteiger charge is 2.44. The van der Waals surface area contributed by atoms with Crippen LogP contribution in [-0.2, 0) is 9.84 Å². The number of fused-ring (bicyclic) bond motifs is 1. The molecule has 1 aromatic rings. The molecule has 3 aliphatic rings. The van der Waals surface area contributed by atoms with Crippen molar-refractivity contribution in [2.24, 2.45) is 11.8 Å². The smallest absolute Gasteiger partial charge is 0.150 e. The number of nitrogens with zero attached hydrogens (tertiary/aromatic N) is 4. The molecule has 27 heavy (non-hydrogen) atoms. The van der Waals surface area contributed by atoms with Gasteiger partial charge in [-0.3, -0.25) is 4.90 Å². The summed E-state index contributed by atoms with van der Waals surface area (Å²) in [5.74, 6) is 2.81. The minimum atomic E-state index is -2.95. The number of rotatable bonds is 4. The van der Waals surface area contributed by atoms with Gasteiger partial charge >= 0.3 is 0 Å². The van der Waals surface area contributed by atoms with Gasteiger partial charge in [0, 0.05) is 44.5 Å². The first-order valence-electron chi connectivity index (χ1n) is 9.95. The van der Waals surface area contributed by atoms with E-state index in [1.807, 2.05) is 0 Å². The minimum Gasteiger partial charge on any atom is -0.388 e. The molecule has 7 nitrogen and oxygen atoms in total. The first-order valence-corrected chi connectivity index (χ1v) is 11.8. The van der Waals surface area contributed by atoms with E-state index in [2.05, 4.69) is 39.7 Å². The maximum absolute atomic E-state index is 11.6. The van der Waals surface area contributed by atoms with Gasteiger partial charge in [-0.2, -0.15) is 0 Å². The summed E-state index contributed by atoms with van der Waals surface area (Å²) in [6, 6.07) is 2.11. The third kappa shape index (κ3) is 4.12. The molecule has 3 fully saturated rings. The zero-order valence-electron chi connectivity index (χ0n) is 16.2. The molecular formula is C19H30N4O3S. The molecule has 2 atom stereocenters. The monoisotopic (exact) mass is 394 g/mol. The van der Waals surface area contributed by atoms with Gasteiger partial charge in [0.25, 0.3) is 0 Å². The van der Waals surface area contributed by atoms with Gasteiger partial charge in [-0.25, -0.2) is 18.4 Å². The lowest BCUT2D eigenvalue weighted by molar-refractivity contribution is -0.000659. The molecule has 0 amide bonds. The Morgan fingerprint density at radius 1 is 1.15 bits per heavy atom. The predicted molar refractivity (Wildman–Crippen MR) is 105 cm³/mol. The number of likely N-dealkylation sites (tertiary alicyclic amines) is 1. The predicted octanol–water partition coefficient (Wildman–Crippen LogP) is 0.908. The van der Waals surface area contributed by atoms with Gasteiger partial charge in [0.05, 0.1) is 17.1 Å². The maximum atomic E-state index is 11.6. The number of β-amino-alcohol motifs (C(OH)–C–C–N with tert-alkyl or cyclic N) is 1. The van der Waals surface area contributed by atoms with Crippen LogP contribution in [-0.4, -0.2) is 78.2 Å². The van der Waals surface area contributed by atoms with Crippen molar-refractivity contribution in [1.82, 2.24) is 14.9 Å². The molecule has 0 spiro atoms. The van der Waals surface area contributed by atoms with Gasteiger partial charge in [-0.15, -0.1) is 0 Å². The van der Waals surface area contributed by atoms with Crippen LogP contribution in [0.1, 0.15) is 38.3 Å². The zero-order valence-corrected chi connectivity index (χ0v) is 17.0. The van der Waals surface area contributed by atoms with Crippen molar-refractivity contribution in [3.05, 3.63) is 18.1 Å². The average molecular weight is 395 g/mol. The number of aliphatic hydroxyl groups is 1. The van der Waals surface area contributed by atoms with E-state index in [1.54, 1.807) is 6.33 Å². The van der Waals surface area contributed by atoms with Crippen molar-refractivity contribution in [3.63, 3.8) is 0 Å². The molecule has 1 aromatic heterocycles. The standard InChI is InChI=1S/C19H30N4O3S/c1-14(2)17-7-18(21-13-20-17)23-10-15-8-22(9-16(15)11-23)12-19(24)3-5-27(25,26)6-4-19/h7,13-16,24H,3-6,8-12H2,1-2H3. The van der Waals surface area contributed by atoms with Crippen LogP contribution in [0.5, 0.6) is 0 Å². The fourth-order valence-corrected chi connectivity index (χ4v) is 6.34. The van der Waals surface area contributed by atoms with Gasteiger partial charge in [0.1, 0.15) is 12.1 Å². The third-order valence-electron chi connectivity index (χ3n) is 6.43. The van der Waals surface area contributed by atoms with Crippen molar-refractivity contribution in [2.45, 2.75) is 38.2 Å². The summed E-state index contributed by atoms with van der Waals surface area (Å²) in [6.45, 7) is 8.80. The van der Waals surface area contributed by atoms with Crippen LogP contribution in [0, 0.1) is 11.8 Å². The maximum Gasteiger partial charge on any atom is 0.150 e. The molecular weight excluding hydrogens is 364 g/mol. The summed E-state index contributed by atoms with van der Waals surface area (Å²) in [5.41, 5.74) is 0.232. The second-order valence-corrected chi connectivity index (χ2v) is 11.3. The van der Waals surface area contributed by atoms with Gasteiger partial charge in [-0.05, 0) is 30.6 Å². The Kier molecular flexibility index (Phi) is 4.93. The summed E-state index contributed by atoms with van der Waals surface area (Å²) >= 11 is 0. The Hall–Kier alpha value is -1.25. The molecule has 0 saturated carbocycles. The van der Waals surface area contributed by atoms with Crippen LogP contribution in [0.3, 0.4) is 0 Å². The highest BCUT2D eigenvalue weighted by Crippen LogP contribution is 2.35. The lowest BCUT2D eigenvalue weighted by atomic mass is 9.96. The molecule has 0 aliphatic carbocycles. The van der Waals surface area contributed by atoms with Crippen molar-refractivity contribution >= 4 is 15.7 Å². The number of hydrogen-bond acceptors (Lipinski definition) is 7. The van der Waals surface area contributed by atoms with E-state index in [1.165, 1.54) is 0 Å². The Bertz CT molecular complexity index is 770. The molecule has 3 saturated heterocycles. The molecule has 150 valence electrons. The van der Waals surface area contributed by atoms with Crippen LogP contribution < -0.4 is 4.90 Å². The lowest BCUT2D eigenvalue weighted by Gasteiger charge is -2.35. The number of hydrogen-bond donors (Lipinski definition) is 1. The van der Waals surface area contributed by atoms with Crippen molar-refractivity contribution in [2.75, 3.05) is 49.1 Å². The van der Waals surface area contributed by atoms with Gasteiger partial charge in [0.15, 0.2) is 9.84 Å². The van der Waals surface area contributed by atoms with E-state index < -0.39 is 15.4 Å². The van der Waals surface area contributed by atoms with Crippen LogP contribution in [0.4, 0.5) is 5.82 Å². The van der Waals surface area contributed by atoms with Crippen LogP contribution in [0.2, 0.25) is 0 Å². The fraction of sp³-hybridized carbons (Fsp3) is 0.789. The zero-order chi connectivity index (χ0) is 19.2. The van der Waals surface area contributed by atoms with E-state index >= 15 is 0 Å². The Morgan fingerprint density at radius 3 is 2.37 bits per heavy atom. The lowest BCUT2D eigenvalue weighted by Crippen LogP contribution is -2.48. The van der Waals surface area contributed by atoms with Crippen molar-refractivity contribution in [3.8, 4) is 0 Å². The first-order chi connectivity index (χ1) is 12.7. The van der Waals surface area contributed by atoms with E-state index in [0.717, 1.165) is 37.7 Å². The SMILES string of the molecule is CC(C)c1cc(N2CC3CN(CC4(O)CCS(=O)(=O)CC4)CC3C2)ncn1. The molecule has 0 aromatic carbocycles. The number of aromatic nitrogens is 2. The van der Waals surface area contributed by atoms with Crippen LogP contribution in [0.15, 0.2) is 12.4 Å². The van der Waals surface area contributed by atoms with Gasteiger partial charge < -0.3 is 10.0 Å². The van der Waals surface area contributed by atoms with Crippen LogP contribution in [0.25, 0.3) is 0 Å². The molecule has 0 bridgehead atoms. The van der Waals surface area contributed by atoms with Crippen molar-refractivity contribution < 1.29 is 13.5 Å². The molecule has 0 radical (unpaired) electrons. The van der Waals surface area contributed by atoms with Crippen molar-refractivity contribution in [1.29, 1.82) is 0 Å². The van der Waals surface area contributed by atoms with E-state index in [4.69, 9.17) is 0 Å². The first kappa shape index (κ1) is 19.1. The molecule has 1 N–H and O–H groups in total. The highest BCUT2D eigenvalue weighted by molar-refractivity contribution is 7.91. The fourth-order valence-electron chi connectivity index (χ4n) is 4.75. The van der Waals surface area contributed by atoms with E-state index in [-0.39, 0.29) is 11.5 Å². The van der Waals surface area contributed by atoms with E-state index in [9.17, 15) is 13.5 Å². The Labute approximate surface area is 161 Å². The Balaban J connectivity index is 1.34. The van der Waals surface area contributed by atoms with Gasteiger partial charge in [0.2, 0.25) is 0 Å². The summed E-state index contributed by atoms with van der Waals surface area (Å²) in [6.07, 6.45) is 2.40.